The summed E-state index contributed by atoms with van der Waals surface area (Å²) in [5, 5.41) is 3.64. The first-order valence-corrected chi connectivity index (χ1v) is 12.5. The molecule has 0 aliphatic rings. The quantitative estimate of drug-likeness (QED) is 0.393. The molecule has 0 heterocycles. The first-order valence-electron chi connectivity index (χ1n) is 10.6. The van der Waals surface area contributed by atoms with E-state index in [1.807, 2.05) is 60.7 Å². The number of hydrogen-bond donors (Lipinski definition) is 1. The van der Waals surface area contributed by atoms with E-state index in [1.165, 1.54) is 11.8 Å². The molecule has 1 N–H and O–H groups in total. The van der Waals surface area contributed by atoms with Gasteiger partial charge in [0.1, 0.15) is 6.04 Å². The number of likely N-dealkylation sites (N-methyl/N-ethyl adjacent to an activating group) is 1. The Hall–Kier alpha value is -2.47. The number of hydrogen-bond acceptors (Lipinski definition) is 3. The van der Waals surface area contributed by atoms with Gasteiger partial charge in [-0.25, -0.2) is 0 Å². The predicted molar refractivity (Wildman–Crippen MR) is 138 cm³/mol. The van der Waals surface area contributed by atoms with Crippen LogP contribution in [0.5, 0.6) is 0 Å². The zero-order valence-electron chi connectivity index (χ0n) is 18.3. The van der Waals surface area contributed by atoms with E-state index in [1.54, 1.807) is 30.1 Å². The molecular formula is C26H26Cl2N2O2S. The smallest absolute Gasteiger partial charge is 0.242 e. The SMILES string of the molecule is CNC(=O)C(Cc1ccccc1)N(Cc1c(Cl)cccc1Cl)C(=O)CSCc1ccccc1. The lowest BCUT2D eigenvalue weighted by molar-refractivity contribution is -0.139. The molecule has 7 heteroatoms. The largest absolute Gasteiger partial charge is 0.357 e. The summed E-state index contributed by atoms with van der Waals surface area (Å²) >= 11 is 14.3. The number of benzene rings is 3. The number of carbonyl (C=O) groups excluding carboxylic acids is 2. The van der Waals surface area contributed by atoms with Gasteiger partial charge >= 0.3 is 0 Å². The molecule has 0 aromatic heterocycles. The van der Waals surface area contributed by atoms with Crippen molar-refractivity contribution >= 4 is 46.8 Å². The van der Waals surface area contributed by atoms with Crippen LogP contribution in [0.3, 0.4) is 0 Å². The van der Waals surface area contributed by atoms with Crippen molar-refractivity contribution in [2.24, 2.45) is 0 Å². The van der Waals surface area contributed by atoms with Crippen molar-refractivity contribution in [3.8, 4) is 0 Å². The molecule has 3 aromatic rings. The third-order valence-corrected chi connectivity index (χ3v) is 6.94. The summed E-state index contributed by atoms with van der Waals surface area (Å²) in [7, 11) is 1.58. The van der Waals surface area contributed by atoms with Gasteiger partial charge in [-0.15, -0.1) is 11.8 Å². The summed E-state index contributed by atoms with van der Waals surface area (Å²) in [6.45, 7) is 0.147. The maximum absolute atomic E-state index is 13.5. The highest BCUT2D eigenvalue weighted by molar-refractivity contribution is 7.99. The molecular weight excluding hydrogens is 475 g/mol. The van der Waals surface area contributed by atoms with Crippen LogP contribution in [0.4, 0.5) is 0 Å². The number of nitrogens with one attached hydrogen (secondary N) is 1. The van der Waals surface area contributed by atoms with Crippen molar-refractivity contribution in [3.05, 3.63) is 106 Å². The molecule has 0 radical (unpaired) electrons. The van der Waals surface area contributed by atoms with Gasteiger partial charge in [0.15, 0.2) is 0 Å². The van der Waals surface area contributed by atoms with Gasteiger partial charge in [0.05, 0.1) is 5.75 Å². The second-order valence-electron chi connectivity index (χ2n) is 7.52. The van der Waals surface area contributed by atoms with Crippen molar-refractivity contribution in [3.63, 3.8) is 0 Å². The molecule has 2 amide bonds. The fourth-order valence-corrected chi connectivity index (χ4v) is 4.88. The van der Waals surface area contributed by atoms with E-state index < -0.39 is 6.04 Å². The van der Waals surface area contributed by atoms with Gasteiger partial charge in [-0.1, -0.05) is 89.9 Å². The monoisotopic (exact) mass is 500 g/mol. The molecule has 1 unspecified atom stereocenters. The molecule has 3 rings (SSSR count). The van der Waals surface area contributed by atoms with Gasteiger partial charge in [0, 0.05) is 41.4 Å². The zero-order chi connectivity index (χ0) is 23.6. The molecule has 0 spiro atoms. The standard InChI is InChI=1S/C26H26Cl2N2O2S/c1-29-26(32)24(15-19-9-4-2-5-10-19)30(16-21-22(27)13-8-14-23(21)28)25(31)18-33-17-20-11-6-3-7-12-20/h2-14,24H,15-18H2,1H3,(H,29,32). The minimum atomic E-state index is -0.699. The third kappa shape index (κ3) is 7.26. The molecule has 4 nitrogen and oxygen atoms in total. The highest BCUT2D eigenvalue weighted by atomic mass is 35.5. The summed E-state index contributed by atoms with van der Waals surface area (Å²) in [5.74, 6) is 0.565. The maximum atomic E-state index is 13.5. The number of carbonyl (C=O) groups is 2. The van der Waals surface area contributed by atoms with E-state index in [-0.39, 0.29) is 24.1 Å². The normalized spacial score (nSPS) is 11.6. The Bertz CT molecular complexity index is 1040. The Morgan fingerprint density at radius 1 is 0.879 bits per heavy atom. The maximum Gasteiger partial charge on any atom is 0.242 e. The number of thioether (sulfide) groups is 1. The molecule has 1 atom stereocenters. The van der Waals surface area contributed by atoms with E-state index >= 15 is 0 Å². The van der Waals surface area contributed by atoms with Gasteiger partial charge in [-0.3, -0.25) is 9.59 Å². The van der Waals surface area contributed by atoms with Crippen LogP contribution in [-0.4, -0.2) is 35.6 Å². The van der Waals surface area contributed by atoms with Crippen molar-refractivity contribution < 1.29 is 9.59 Å². The molecule has 0 bridgehead atoms. The number of nitrogens with zero attached hydrogens (tertiary/aromatic N) is 1. The number of amides is 2. The fourth-order valence-electron chi connectivity index (χ4n) is 3.49. The van der Waals surface area contributed by atoms with E-state index in [2.05, 4.69) is 5.32 Å². The van der Waals surface area contributed by atoms with E-state index in [0.29, 0.717) is 27.8 Å². The van der Waals surface area contributed by atoms with Crippen LogP contribution in [0.25, 0.3) is 0 Å². The van der Waals surface area contributed by atoms with Crippen molar-refractivity contribution in [2.45, 2.75) is 24.8 Å². The number of rotatable bonds is 10. The zero-order valence-corrected chi connectivity index (χ0v) is 20.7. The van der Waals surface area contributed by atoms with Crippen molar-refractivity contribution in [1.29, 1.82) is 0 Å². The highest BCUT2D eigenvalue weighted by Crippen LogP contribution is 2.27. The predicted octanol–water partition coefficient (Wildman–Crippen LogP) is 5.61. The topological polar surface area (TPSA) is 49.4 Å². The minimum Gasteiger partial charge on any atom is -0.357 e. The molecule has 3 aromatic carbocycles. The fraction of sp³-hybridized carbons (Fsp3) is 0.231. The first-order chi connectivity index (χ1) is 16.0. The Balaban J connectivity index is 1.86. The summed E-state index contributed by atoms with van der Waals surface area (Å²) in [6, 6.07) is 24.2. The van der Waals surface area contributed by atoms with Crippen LogP contribution >= 0.6 is 35.0 Å². The van der Waals surface area contributed by atoms with Crippen LogP contribution in [0.15, 0.2) is 78.9 Å². The van der Waals surface area contributed by atoms with Gasteiger partial charge in [-0.2, -0.15) is 0 Å². The molecule has 172 valence electrons. The second kappa shape index (κ2) is 12.7. The Kier molecular flexibility index (Phi) is 9.67. The summed E-state index contributed by atoms with van der Waals surface area (Å²) in [4.78, 5) is 28.0. The van der Waals surface area contributed by atoms with E-state index in [0.717, 1.165) is 11.1 Å². The highest BCUT2D eigenvalue weighted by Gasteiger charge is 2.30. The van der Waals surface area contributed by atoms with Crippen molar-refractivity contribution in [1.82, 2.24) is 10.2 Å². The molecule has 0 saturated carbocycles. The lowest BCUT2D eigenvalue weighted by Crippen LogP contribution is -2.50. The summed E-state index contributed by atoms with van der Waals surface area (Å²) < 4.78 is 0. The lowest BCUT2D eigenvalue weighted by atomic mass is 10.0. The first kappa shape index (κ1) is 25.2. The molecule has 0 saturated heterocycles. The van der Waals surface area contributed by atoms with Crippen LogP contribution in [0, 0.1) is 0 Å². The van der Waals surface area contributed by atoms with Crippen LogP contribution in [-0.2, 0) is 28.3 Å². The Labute approximate surface area is 209 Å². The average molecular weight is 501 g/mol. The average Bonchev–Trinajstić information content (AvgIpc) is 2.83. The minimum absolute atomic E-state index is 0.142. The molecule has 0 aliphatic carbocycles. The molecule has 0 fully saturated rings. The Morgan fingerprint density at radius 3 is 2.03 bits per heavy atom. The summed E-state index contributed by atoms with van der Waals surface area (Å²) in [6.07, 6.45) is 0.387. The van der Waals surface area contributed by atoms with Gasteiger partial charge in [-0.05, 0) is 23.3 Å². The molecule has 0 aliphatic heterocycles. The second-order valence-corrected chi connectivity index (χ2v) is 9.32. The number of halogens is 2. The van der Waals surface area contributed by atoms with Gasteiger partial charge < -0.3 is 10.2 Å². The van der Waals surface area contributed by atoms with E-state index in [4.69, 9.17) is 23.2 Å². The van der Waals surface area contributed by atoms with Crippen LogP contribution < -0.4 is 5.32 Å². The van der Waals surface area contributed by atoms with Gasteiger partial charge in [0.2, 0.25) is 11.8 Å². The van der Waals surface area contributed by atoms with E-state index in [9.17, 15) is 9.59 Å². The van der Waals surface area contributed by atoms with Crippen LogP contribution in [0.2, 0.25) is 10.0 Å². The lowest BCUT2D eigenvalue weighted by Gasteiger charge is -2.31. The van der Waals surface area contributed by atoms with Gasteiger partial charge in [0.25, 0.3) is 0 Å². The van der Waals surface area contributed by atoms with Crippen molar-refractivity contribution in [2.75, 3.05) is 12.8 Å². The van der Waals surface area contributed by atoms with Crippen LogP contribution in [0.1, 0.15) is 16.7 Å². The third-order valence-electron chi connectivity index (χ3n) is 5.24. The molecule has 33 heavy (non-hydrogen) atoms. The Morgan fingerprint density at radius 2 is 1.45 bits per heavy atom. The summed E-state index contributed by atoms with van der Waals surface area (Å²) in [5.41, 5.74) is 2.73.